The van der Waals surface area contributed by atoms with Gasteiger partial charge in [-0.3, -0.25) is 24.6 Å². The molecule has 0 atom stereocenters. The summed E-state index contributed by atoms with van der Waals surface area (Å²) in [4.78, 5) is 36.7. The van der Waals surface area contributed by atoms with Crippen LogP contribution in [0.3, 0.4) is 0 Å². The first kappa shape index (κ1) is 19.9. The molecule has 1 saturated heterocycles. The SMILES string of the molecule is O=C1S/C(=C\c2ccc(-c3ccc([N+](=O)[O-])cc3)o2)C(=O)N1Cc1cccc(Cl)c1. The molecule has 0 N–H and O–H groups in total. The lowest BCUT2D eigenvalue weighted by molar-refractivity contribution is -0.384. The molecule has 0 unspecified atom stereocenters. The van der Waals surface area contributed by atoms with Gasteiger partial charge >= 0.3 is 0 Å². The van der Waals surface area contributed by atoms with Crippen molar-refractivity contribution in [3.05, 3.63) is 92.0 Å². The molecule has 150 valence electrons. The van der Waals surface area contributed by atoms with E-state index in [1.54, 1.807) is 48.5 Å². The van der Waals surface area contributed by atoms with Gasteiger partial charge in [0, 0.05) is 28.8 Å². The molecule has 2 aromatic carbocycles. The molecule has 30 heavy (non-hydrogen) atoms. The third-order valence-electron chi connectivity index (χ3n) is 4.37. The number of carbonyl (C=O) groups excluding carboxylic acids is 2. The van der Waals surface area contributed by atoms with Crippen LogP contribution in [0.15, 0.2) is 70.0 Å². The fourth-order valence-electron chi connectivity index (χ4n) is 2.92. The van der Waals surface area contributed by atoms with Gasteiger partial charge in [0.25, 0.3) is 16.8 Å². The summed E-state index contributed by atoms with van der Waals surface area (Å²) in [5.74, 6) is 0.490. The van der Waals surface area contributed by atoms with Gasteiger partial charge in [-0.2, -0.15) is 0 Å². The lowest BCUT2D eigenvalue weighted by Crippen LogP contribution is -2.27. The first-order valence-electron chi connectivity index (χ1n) is 8.75. The number of carbonyl (C=O) groups is 2. The largest absolute Gasteiger partial charge is 0.457 e. The molecule has 0 spiro atoms. The van der Waals surface area contributed by atoms with Crippen LogP contribution in [0.4, 0.5) is 10.5 Å². The molecule has 9 heteroatoms. The fourth-order valence-corrected chi connectivity index (χ4v) is 3.95. The zero-order chi connectivity index (χ0) is 21.3. The van der Waals surface area contributed by atoms with Crippen molar-refractivity contribution in [2.45, 2.75) is 6.54 Å². The monoisotopic (exact) mass is 440 g/mol. The van der Waals surface area contributed by atoms with Gasteiger partial charge in [0.05, 0.1) is 16.4 Å². The minimum Gasteiger partial charge on any atom is -0.457 e. The second-order valence-corrected chi connectivity index (χ2v) is 7.83. The quantitative estimate of drug-likeness (QED) is 0.285. The number of thioether (sulfide) groups is 1. The molecule has 1 aliphatic heterocycles. The summed E-state index contributed by atoms with van der Waals surface area (Å²) in [6, 6.07) is 16.3. The van der Waals surface area contributed by atoms with E-state index in [0.717, 1.165) is 22.2 Å². The Morgan fingerprint density at radius 3 is 2.57 bits per heavy atom. The molecule has 0 bridgehead atoms. The molecular formula is C21H13ClN2O5S. The van der Waals surface area contributed by atoms with Crippen molar-refractivity contribution < 1.29 is 18.9 Å². The van der Waals surface area contributed by atoms with Crippen LogP contribution >= 0.6 is 23.4 Å². The highest BCUT2D eigenvalue weighted by Crippen LogP contribution is 2.34. The molecule has 3 aromatic rings. The van der Waals surface area contributed by atoms with Crippen molar-refractivity contribution in [3.8, 4) is 11.3 Å². The van der Waals surface area contributed by atoms with Gasteiger partial charge in [-0.25, -0.2) is 0 Å². The molecule has 7 nitrogen and oxygen atoms in total. The van der Waals surface area contributed by atoms with Crippen molar-refractivity contribution in [2.24, 2.45) is 0 Å². The molecule has 1 aliphatic rings. The van der Waals surface area contributed by atoms with Crippen LogP contribution in [0.5, 0.6) is 0 Å². The molecule has 1 fully saturated rings. The van der Waals surface area contributed by atoms with Gasteiger partial charge in [-0.15, -0.1) is 0 Å². The van der Waals surface area contributed by atoms with Gasteiger partial charge in [0.15, 0.2) is 0 Å². The van der Waals surface area contributed by atoms with E-state index in [1.165, 1.54) is 18.2 Å². The average molecular weight is 441 g/mol. The van der Waals surface area contributed by atoms with Gasteiger partial charge in [0.1, 0.15) is 11.5 Å². The fraction of sp³-hybridized carbons (Fsp3) is 0.0476. The Morgan fingerprint density at radius 2 is 1.87 bits per heavy atom. The smallest absolute Gasteiger partial charge is 0.293 e. The number of furan rings is 1. The Balaban J connectivity index is 1.52. The first-order chi connectivity index (χ1) is 14.4. The summed E-state index contributed by atoms with van der Waals surface area (Å²) in [6.45, 7) is 0.134. The minimum atomic E-state index is -0.475. The minimum absolute atomic E-state index is 0.0149. The lowest BCUT2D eigenvalue weighted by Gasteiger charge is -2.12. The number of nitrogens with zero attached hydrogens (tertiary/aromatic N) is 2. The van der Waals surface area contributed by atoms with Crippen LogP contribution in [0.1, 0.15) is 11.3 Å². The lowest BCUT2D eigenvalue weighted by atomic mass is 10.1. The third kappa shape index (κ3) is 4.14. The van der Waals surface area contributed by atoms with Crippen LogP contribution < -0.4 is 0 Å². The molecule has 0 saturated carbocycles. The zero-order valence-electron chi connectivity index (χ0n) is 15.3. The van der Waals surface area contributed by atoms with Gasteiger partial charge in [-0.1, -0.05) is 23.7 Å². The highest BCUT2D eigenvalue weighted by molar-refractivity contribution is 8.18. The molecule has 2 amide bonds. The molecule has 2 heterocycles. The normalized spacial score (nSPS) is 15.2. The Kier molecular flexibility index (Phi) is 5.43. The highest BCUT2D eigenvalue weighted by atomic mass is 35.5. The highest BCUT2D eigenvalue weighted by Gasteiger charge is 2.35. The summed E-state index contributed by atoms with van der Waals surface area (Å²) in [6.07, 6.45) is 1.51. The van der Waals surface area contributed by atoms with E-state index in [1.807, 2.05) is 0 Å². The van der Waals surface area contributed by atoms with Crippen molar-refractivity contribution in [3.63, 3.8) is 0 Å². The topological polar surface area (TPSA) is 93.7 Å². The van der Waals surface area contributed by atoms with Crippen molar-refractivity contribution in [1.29, 1.82) is 0 Å². The number of non-ortho nitro benzene ring substituents is 1. The Hall–Kier alpha value is -3.36. The maximum absolute atomic E-state index is 12.7. The van der Waals surface area contributed by atoms with E-state index < -0.39 is 10.8 Å². The number of rotatable bonds is 5. The number of nitro groups is 1. The van der Waals surface area contributed by atoms with E-state index in [0.29, 0.717) is 22.1 Å². The molecule has 0 aliphatic carbocycles. The van der Waals surface area contributed by atoms with E-state index in [2.05, 4.69) is 0 Å². The van der Waals surface area contributed by atoms with E-state index in [9.17, 15) is 19.7 Å². The standard InChI is InChI=1S/C21H13ClN2O5S/c22-15-3-1-2-13(10-15)12-23-20(25)19(30-21(23)26)11-17-8-9-18(29-17)14-4-6-16(7-5-14)24(27)28/h1-11H,12H2/b19-11-. The maximum Gasteiger partial charge on any atom is 0.293 e. The van der Waals surface area contributed by atoms with Crippen LogP contribution in [0.2, 0.25) is 5.02 Å². The second-order valence-electron chi connectivity index (χ2n) is 6.40. The predicted molar refractivity (Wildman–Crippen MR) is 114 cm³/mol. The van der Waals surface area contributed by atoms with Gasteiger partial charge in [-0.05, 0) is 53.7 Å². The van der Waals surface area contributed by atoms with Crippen molar-refractivity contribution in [2.75, 3.05) is 0 Å². The average Bonchev–Trinajstić information content (AvgIpc) is 3.29. The molecule has 4 rings (SSSR count). The number of amides is 2. The van der Waals surface area contributed by atoms with E-state index >= 15 is 0 Å². The summed E-state index contributed by atoms with van der Waals surface area (Å²) in [5, 5.41) is 10.9. The van der Waals surface area contributed by atoms with Gasteiger partial charge < -0.3 is 4.42 Å². The van der Waals surface area contributed by atoms with E-state index in [4.69, 9.17) is 16.0 Å². The number of imide groups is 1. The van der Waals surface area contributed by atoms with Crippen LogP contribution in [-0.4, -0.2) is 21.0 Å². The second kappa shape index (κ2) is 8.17. The Bertz CT molecular complexity index is 1190. The first-order valence-corrected chi connectivity index (χ1v) is 9.94. The Morgan fingerprint density at radius 1 is 1.10 bits per heavy atom. The molecular weight excluding hydrogens is 428 g/mol. The predicted octanol–water partition coefficient (Wildman–Crippen LogP) is 5.74. The summed E-state index contributed by atoms with van der Waals surface area (Å²) in [5.41, 5.74) is 1.40. The van der Waals surface area contributed by atoms with Crippen LogP contribution in [0.25, 0.3) is 17.4 Å². The number of hydrogen-bond acceptors (Lipinski definition) is 6. The van der Waals surface area contributed by atoms with Crippen molar-refractivity contribution in [1.82, 2.24) is 4.90 Å². The number of nitro benzene ring substituents is 1. The van der Waals surface area contributed by atoms with Crippen molar-refractivity contribution >= 4 is 46.3 Å². The third-order valence-corrected chi connectivity index (χ3v) is 5.51. The molecule has 0 radical (unpaired) electrons. The molecule has 1 aromatic heterocycles. The van der Waals surface area contributed by atoms with Crippen LogP contribution in [-0.2, 0) is 11.3 Å². The summed E-state index contributed by atoms with van der Waals surface area (Å²) in [7, 11) is 0. The Labute approximate surface area is 180 Å². The van der Waals surface area contributed by atoms with Gasteiger partial charge in [0.2, 0.25) is 0 Å². The van der Waals surface area contributed by atoms with E-state index in [-0.39, 0.29) is 22.4 Å². The van der Waals surface area contributed by atoms with Crippen LogP contribution in [0, 0.1) is 10.1 Å². The summed E-state index contributed by atoms with van der Waals surface area (Å²) < 4.78 is 5.73. The number of halogens is 1. The number of hydrogen-bond donors (Lipinski definition) is 0. The summed E-state index contributed by atoms with van der Waals surface area (Å²) >= 11 is 6.81. The number of benzene rings is 2. The maximum atomic E-state index is 12.7. The zero-order valence-corrected chi connectivity index (χ0v) is 16.9.